The van der Waals surface area contributed by atoms with Crippen molar-refractivity contribution in [1.29, 1.82) is 0 Å². The quantitative estimate of drug-likeness (QED) is 0.470. The maximum Gasteiger partial charge on any atom is 0.253 e. The highest BCUT2D eigenvalue weighted by Gasteiger charge is 2.12. The zero-order valence-electron chi connectivity index (χ0n) is 21.2. The number of para-hydroxylation sites is 1. The predicted molar refractivity (Wildman–Crippen MR) is 137 cm³/mol. The van der Waals surface area contributed by atoms with Crippen LogP contribution in [0.15, 0.2) is 66.2 Å². The first-order valence-corrected chi connectivity index (χ1v) is 11.2. The van der Waals surface area contributed by atoms with Gasteiger partial charge in [-0.05, 0) is 30.7 Å². The molecule has 2 aromatic rings. The van der Waals surface area contributed by atoms with Gasteiger partial charge in [0.2, 0.25) is 0 Å². The molecule has 0 N–H and O–H groups in total. The third-order valence-corrected chi connectivity index (χ3v) is 2.97. The van der Waals surface area contributed by atoms with Crippen LogP contribution in [0.25, 0.3) is 6.08 Å². The Morgan fingerprint density at radius 2 is 1.00 bits per heavy atom. The average molecular weight is 402 g/mol. The minimum atomic E-state index is 0.00931. The molecule has 0 aliphatic heterocycles. The van der Waals surface area contributed by atoms with E-state index in [4.69, 9.17) is 0 Å². The molecule has 2 nitrogen and oxygen atoms in total. The molecule has 166 valence electrons. The lowest BCUT2D eigenvalue weighted by Gasteiger charge is -2.17. The van der Waals surface area contributed by atoms with Crippen LogP contribution in [0.3, 0.4) is 0 Å². The normalized spacial score (nSPS) is 8.34. The summed E-state index contributed by atoms with van der Waals surface area (Å²) >= 11 is 0. The number of benzene rings is 2. The van der Waals surface area contributed by atoms with Crippen LogP contribution in [0.5, 0.6) is 0 Å². The number of rotatable bonds is 3. The highest BCUT2D eigenvalue weighted by Crippen LogP contribution is 2.15. The Bertz CT molecular complexity index is 574. The van der Waals surface area contributed by atoms with Crippen molar-refractivity contribution < 1.29 is 4.79 Å². The number of carbonyl (C=O) groups excluding carboxylic acids is 1. The Balaban J connectivity index is -0.000000273. The van der Waals surface area contributed by atoms with Gasteiger partial charge in [-0.25, -0.2) is 0 Å². The molecule has 29 heavy (non-hydrogen) atoms. The van der Waals surface area contributed by atoms with E-state index in [1.54, 1.807) is 11.9 Å². The van der Waals surface area contributed by atoms with Crippen molar-refractivity contribution in [3.05, 3.63) is 71.8 Å². The lowest BCUT2D eigenvalue weighted by atomic mass is 10.1. The standard InChI is InChI=1S/C17H17NO.5C2H6/c1-14(13-15-9-5-3-6-10-15)17(19)18(2)16-11-7-4-8-12-16;5*1-2/h3-13H,1-2H3;5*1-2H3/b14-13+;;;;;. The third-order valence-electron chi connectivity index (χ3n) is 2.97. The van der Waals surface area contributed by atoms with E-state index in [-0.39, 0.29) is 5.91 Å². The molecule has 0 aliphatic carbocycles. The largest absolute Gasteiger partial charge is 0.312 e. The van der Waals surface area contributed by atoms with Crippen LogP contribution in [0.4, 0.5) is 5.69 Å². The minimum absolute atomic E-state index is 0.00931. The Labute approximate surface area is 182 Å². The molecule has 0 atom stereocenters. The fourth-order valence-corrected chi connectivity index (χ4v) is 1.89. The maximum atomic E-state index is 12.3. The maximum absolute atomic E-state index is 12.3. The minimum Gasteiger partial charge on any atom is -0.312 e. The summed E-state index contributed by atoms with van der Waals surface area (Å²) in [6.45, 7) is 21.8. The van der Waals surface area contributed by atoms with E-state index in [0.29, 0.717) is 0 Å². The van der Waals surface area contributed by atoms with Gasteiger partial charge < -0.3 is 4.90 Å². The zero-order chi connectivity index (χ0) is 23.7. The number of carbonyl (C=O) groups is 1. The monoisotopic (exact) mass is 401 g/mol. The second-order valence-electron chi connectivity index (χ2n) is 4.44. The van der Waals surface area contributed by atoms with Gasteiger partial charge in [-0.15, -0.1) is 0 Å². The van der Waals surface area contributed by atoms with E-state index in [2.05, 4.69) is 0 Å². The molecule has 0 aromatic heterocycles. The second kappa shape index (κ2) is 27.9. The van der Waals surface area contributed by atoms with Gasteiger partial charge >= 0.3 is 0 Å². The van der Waals surface area contributed by atoms with Gasteiger partial charge in [-0.3, -0.25) is 4.79 Å². The van der Waals surface area contributed by atoms with Gasteiger partial charge in [-0.1, -0.05) is 118 Å². The Morgan fingerprint density at radius 3 is 1.38 bits per heavy atom. The smallest absolute Gasteiger partial charge is 0.253 e. The van der Waals surface area contributed by atoms with Crippen molar-refractivity contribution in [3.8, 4) is 0 Å². The van der Waals surface area contributed by atoms with Crippen LogP contribution in [-0.4, -0.2) is 13.0 Å². The van der Waals surface area contributed by atoms with E-state index in [0.717, 1.165) is 16.8 Å². The van der Waals surface area contributed by atoms with Crippen LogP contribution in [-0.2, 0) is 4.79 Å². The summed E-state index contributed by atoms with van der Waals surface area (Å²) in [6, 6.07) is 19.5. The Morgan fingerprint density at radius 1 is 0.655 bits per heavy atom. The van der Waals surface area contributed by atoms with Gasteiger partial charge in [0.05, 0.1) is 0 Å². The number of hydrogen-bond acceptors (Lipinski definition) is 1. The van der Waals surface area contributed by atoms with E-state index in [1.165, 1.54) is 0 Å². The molecular weight excluding hydrogens is 354 g/mol. The number of nitrogens with zero attached hydrogens (tertiary/aromatic N) is 1. The molecule has 0 aliphatic rings. The molecule has 0 unspecified atom stereocenters. The highest BCUT2D eigenvalue weighted by molar-refractivity contribution is 6.07. The van der Waals surface area contributed by atoms with Crippen molar-refractivity contribution in [3.63, 3.8) is 0 Å². The van der Waals surface area contributed by atoms with E-state index >= 15 is 0 Å². The highest BCUT2D eigenvalue weighted by atomic mass is 16.2. The summed E-state index contributed by atoms with van der Waals surface area (Å²) in [4.78, 5) is 14.0. The molecule has 0 heterocycles. The Kier molecular flexibility index (Phi) is 32.8. The summed E-state index contributed by atoms with van der Waals surface area (Å²) in [6.07, 6.45) is 1.90. The molecular formula is C27H47NO. The molecule has 1 amide bonds. The molecule has 0 radical (unpaired) electrons. The van der Waals surface area contributed by atoms with Crippen LogP contribution in [0.1, 0.15) is 81.7 Å². The van der Waals surface area contributed by atoms with Gasteiger partial charge in [-0.2, -0.15) is 0 Å². The van der Waals surface area contributed by atoms with Crippen LogP contribution in [0, 0.1) is 0 Å². The van der Waals surface area contributed by atoms with Crippen LogP contribution < -0.4 is 4.90 Å². The summed E-state index contributed by atoms with van der Waals surface area (Å²) in [5, 5.41) is 0. The third kappa shape index (κ3) is 16.3. The molecule has 0 spiro atoms. The summed E-state index contributed by atoms with van der Waals surface area (Å²) < 4.78 is 0. The first-order valence-electron chi connectivity index (χ1n) is 11.2. The number of anilines is 1. The van der Waals surface area contributed by atoms with Gasteiger partial charge in [0.15, 0.2) is 0 Å². The zero-order valence-corrected chi connectivity index (χ0v) is 21.2. The number of amides is 1. The van der Waals surface area contributed by atoms with E-state index in [9.17, 15) is 4.79 Å². The fraction of sp³-hybridized carbons (Fsp3) is 0.444. The molecule has 2 rings (SSSR count). The lowest BCUT2D eigenvalue weighted by molar-refractivity contribution is -0.114. The van der Waals surface area contributed by atoms with Gasteiger partial charge in [0, 0.05) is 18.3 Å². The fourth-order valence-electron chi connectivity index (χ4n) is 1.89. The van der Waals surface area contributed by atoms with Crippen molar-refractivity contribution in [2.45, 2.75) is 76.2 Å². The van der Waals surface area contributed by atoms with Crippen molar-refractivity contribution >= 4 is 17.7 Å². The van der Waals surface area contributed by atoms with Crippen molar-refractivity contribution in [2.75, 3.05) is 11.9 Å². The molecule has 2 aromatic carbocycles. The average Bonchev–Trinajstić information content (AvgIpc) is 2.85. The van der Waals surface area contributed by atoms with Gasteiger partial charge in [0.1, 0.15) is 0 Å². The molecule has 0 saturated heterocycles. The summed E-state index contributed by atoms with van der Waals surface area (Å²) in [7, 11) is 1.79. The first kappa shape index (κ1) is 34.2. The van der Waals surface area contributed by atoms with E-state index in [1.807, 2.05) is 143 Å². The van der Waals surface area contributed by atoms with Crippen molar-refractivity contribution in [1.82, 2.24) is 0 Å². The molecule has 0 fully saturated rings. The molecule has 0 saturated carbocycles. The lowest BCUT2D eigenvalue weighted by Crippen LogP contribution is -2.26. The topological polar surface area (TPSA) is 20.3 Å². The number of hydrogen-bond donors (Lipinski definition) is 0. The van der Waals surface area contributed by atoms with Crippen LogP contribution in [0.2, 0.25) is 0 Å². The number of likely N-dealkylation sites (N-methyl/N-ethyl adjacent to an activating group) is 1. The van der Waals surface area contributed by atoms with Crippen LogP contribution >= 0.6 is 0 Å². The van der Waals surface area contributed by atoms with Crippen molar-refractivity contribution in [2.24, 2.45) is 0 Å². The predicted octanol–water partition coefficient (Wildman–Crippen LogP) is 8.88. The SMILES string of the molecule is C/C(=C\c1ccccc1)C(=O)N(C)c1ccccc1.CC.CC.CC.CC.CC. The summed E-state index contributed by atoms with van der Waals surface area (Å²) in [5.41, 5.74) is 2.65. The summed E-state index contributed by atoms with van der Waals surface area (Å²) in [5.74, 6) is 0.00931. The second-order valence-corrected chi connectivity index (χ2v) is 4.44. The van der Waals surface area contributed by atoms with Gasteiger partial charge in [0.25, 0.3) is 5.91 Å². The molecule has 2 heteroatoms. The first-order chi connectivity index (χ1) is 14.2. The van der Waals surface area contributed by atoms with E-state index < -0.39 is 0 Å². The Hall–Kier alpha value is -2.35. The molecule has 0 bridgehead atoms.